The summed E-state index contributed by atoms with van der Waals surface area (Å²) in [5.41, 5.74) is 0.784. The van der Waals surface area contributed by atoms with Crippen molar-refractivity contribution in [2.45, 2.75) is 0 Å². The van der Waals surface area contributed by atoms with Gasteiger partial charge in [0.05, 0.1) is 5.56 Å². The van der Waals surface area contributed by atoms with Gasteiger partial charge in [-0.05, 0) is 12.1 Å². The van der Waals surface area contributed by atoms with E-state index in [4.69, 9.17) is 0 Å². The van der Waals surface area contributed by atoms with E-state index in [0.29, 0.717) is 0 Å². The van der Waals surface area contributed by atoms with Crippen molar-refractivity contribution >= 4 is 79.1 Å². The van der Waals surface area contributed by atoms with Crippen LogP contribution in [0.1, 0.15) is 31.1 Å². The van der Waals surface area contributed by atoms with E-state index in [2.05, 4.69) is 0 Å². The third-order valence-electron chi connectivity index (χ3n) is 1.68. The molecule has 1 rings (SSSR count). The van der Waals surface area contributed by atoms with Gasteiger partial charge in [-0.2, -0.15) is 0 Å². The van der Waals surface area contributed by atoms with E-state index in [1.807, 2.05) is 0 Å². The number of carbonyl (C=O) groups excluding carboxylic acids is 3. The molecule has 78 valence electrons. The zero-order valence-electron chi connectivity index (χ0n) is 7.09. The zero-order valence-corrected chi connectivity index (χ0v) is 13.6. The minimum atomic E-state index is -0.298. The molecule has 0 aliphatic heterocycles. The summed E-state index contributed by atoms with van der Waals surface area (Å²) >= 11 is 4.77. The Morgan fingerprint density at radius 2 is 1.20 bits per heavy atom. The van der Waals surface area contributed by atoms with Crippen molar-refractivity contribution in [3.63, 3.8) is 0 Å². The lowest BCUT2D eigenvalue weighted by molar-refractivity contribution is 0.106. The van der Waals surface area contributed by atoms with Gasteiger partial charge < -0.3 is 0 Å². The molecule has 0 bridgehead atoms. The molecular formula is C9H3I3O3. The molecule has 0 amide bonds. The van der Waals surface area contributed by atoms with Gasteiger partial charge in [-0.1, -0.05) is 6.07 Å². The molecular weight excluding hydrogens is 537 g/mol. The molecule has 0 saturated carbocycles. The summed E-state index contributed by atoms with van der Waals surface area (Å²) in [5.74, 6) is 0. The van der Waals surface area contributed by atoms with E-state index in [-0.39, 0.29) is 28.1 Å². The van der Waals surface area contributed by atoms with Gasteiger partial charge in [-0.3, -0.25) is 14.4 Å². The number of hydrogen-bond acceptors (Lipinski definition) is 3. The Morgan fingerprint density at radius 3 is 1.47 bits per heavy atom. The van der Waals surface area contributed by atoms with Crippen molar-refractivity contribution in [1.29, 1.82) is 0 Å². The van der Waals surface area contributed by atoms with Gasteiger partial charge in [-0.15, -0.1) is 0 Å². The van der Waals surface area contributed by atoms with Crippen molar-refractivity contribution < 1.29 is 14.4 Å². The number of rotatable bonds is 3. The van der Waals surface area contributed by atoms with Crippen LogP contribution in [-0.4, -0.2) is 11.4 Å². The van der Waals surface area contributed by atoms with Crippen LogP contribution >= 0.6 is 67.8 Å². The van der Waals surface area contributed by atoms with E-state index in [1.54, 1.807) is 86.0 Å². The van der Waals surface area contributed by atoms with Crippen LogP contribution in [0.25, 0.3) is 0 Å². The summed E-state index contributed by atoms with van der Waals surface area (Å²) in [5, 5.41) is 0. The van der Waals surface area contributed by atoms with Crippen molar-refractivity contribution in [3.8, 4) is 0 Å². The minimum Gasteiger partial charge on any atom is -0.282 e. The van der Waals surface area contributed by atoms with Gasteiger partial charge in [0.1, 0.15) is 0 Å². The normalized spacial score (nSPS) is 9.80. The highest BCUT2D eigenvalue weighted by molar-refractivity contribution is 14.1. The molecule has 3 nitrogen and oxygen atoms in total. The van der Waals surface area contributed by atoms with E-state index in [0.717, 1.165) is 0 Å². The molecule has 0 radical (unpaired) electrons. The van der Waals surface area contributed by atoms with Crippen LogP contribution in [0.4, 0.5) is 0 Å². The maximum Gasteiger partial charge on any atom is 0.223 e. The maximum absolute atomic E-state index is 11.4. The molecule has 0 N–H and O–H groups in total. The fourth-order valence-corrected chi connectivity index (χ4v) is 2.57. The van der Waals surface area contributed by atoms with Crippen LogP contribution in [0.5, 0.6) is 0 Å². The Kier molecular flexibility index (Phi) is 5.09. The number of carbonyl (C=O) groups is 3. The fraction of sp³-hybridized carbons (Fsp3) is 0. The molecule has 1 aromatic carbocycles. The highest BCUT2D eigenvalue weighted by Gasteiger charge is 2.20. The zero-order chi connectivity index (χ0) is 11.6. The second-order valence-electron chi connectivity index (χ2n) is 2.55. The molecule has 0 unspecified atom stereocenters. The summed E-state index contributed by atoms with van der Waals surface area (Å²) in [4.78, 5) is 33.9. The first-order chi connectivity index (χ1) is 6.95. The van der Waals surface area contributed by atoms with Gasteiger partial charge in [0.2, 0.25) is 11.4 Å². The van der Waals surface area contributed by atoms with Gasteiger partial charge in [0.15, 0.2) is 0 Å². The average molecular weight is 540 g/mol. The summed E-state index contributed by atoms with van der Waals surface area (Å²) in [6.45, 7) is 0. The monoisotopic (exact) mass is 540 g/mol. The lowest BCUT2D eigenvalue weighted by atomic mass is 10.0. The van der Waals surface area contributed by atoms with E-state index >= 15 is 0 Å². The molecule has 0 aliphatic carbocycles. The number of halogens is 3. The average Bonchev–Trinajstić information content (AvgIpc) is 2.16. The topological polar surface area (TPSA) is 51.2 Å². The lowest BCUT2D eigenvalue weighted by Gasteiger charge is -2.05. The molecule has 0 aromatic heterocycles. The highest BCUT2D eigenvalue weighted by atomic mass is 127. The fourth-order valence-electron chi connectivity index (χ4n) is 1.09. The first kappa shape index (κ1) is 13.5. The van der Waals surface area contributed by atoms with Crippen molar-refractivity contribution in [2.75, 3.05) is 0 Å². The van der Waals surface area contributed by atoms with Crippen LogP contribution in [0, 0.1) is 0 Å². The van der Waals surface area contributed by atoms with E-state index in [9.17, 15) is 14.4 Å². The Hall–Kier alpha value is 0.420. The highest BCUT2D eigenvalue weighted by Crippen LogP contribution is 2.22. The summed E-state index contributed by atoms with van der Waals surface area (Å²) in [6, 6.07) is 4.69. The number of hydrogen-bond donors (Lipinski definition) is 0. The summed E-state index contributed by atoms with van der Waals surface area (Å²) < 4.78 is -0.785. The Morgan fingerprint density at radius 1 is 0.800 bits per heavy atom. The predicted octanol–water partition coefficient (Wildman–Crippen LogP) is 3.41. The molecule has 0 fully saturated rings. The van der Waals surface area contributed by atoms with Gasteiger partial charge >= 0.3 is 0 Å². The van der Waals surface area contributed by atoms with E-state index < -0.39 is 0 Å². The van der Waals surface area contributed by atoms with Crippen molar-refractivity contribution in [3.05, 3.63) is 34.9 Å². The third kappa shape index (κ3) is 3.19. The quantitative estimate of drug-likeness (QED) is 0.437. The Bertz CT molecular complexity index is 422. The maximum atomic E-state index is 11.4. The Labute approximate surface area is 127 Å². The largest absolute Gasteiger partial charge is 0.282 e. The predicted molar refractivity (Wildman–Crippen MR) is 81.5 cm³/mol. The number of benzene rings is 1. The van der Waals surface area contributed by atoms with Crippen LogP contribution in [0.2, 0.25) is 0 Å². The molecule has 0 atom stereocenters. The first-order valence-electron chi connectivity index (χ1n) is 3.67. The van der Waals surface area contributed by atoms with Gasteiger partial charge in [-0.25, -0.2) is 0 Å². The standard InChI is InChI=1S/C9H3I3O3/c10-7(13)4-2-1-3-5(8(11)14)6(4)9(12)15/h1-3H. The lowest BCUT2D eigenvalue weighted by Crippen LogP contribution is -2.06. The molecule has 15 heavy (non-hydrogen) atoms. The molecule has 1 aromatic rings. The van der Waals surface area contributed by atoms with Crippen LogP contribution in [0.15, 0.2) is 18.2 Å². The third-order valence-corrected chi connectivity index (χ3v) is 3.39. The molecule has 0 heterocycles. The summed E-state index contributed by atoms with van der Waals surface area (Å²) in [7, 11) is 0. The van der Waals surface area contributed by atoms with Gasteiger partial charge in [0.25, 0.3) is 0 Å². The van der Waals surface area contributed by atoms with Crippen LogP contribution in [0.3, 0.4) is 0 Å². The van der Waals surface area contributed by atoms with Crippen molar-refractivity contribution in [2.24, 2.45) is 0 Å². The molecule has 0 spiro atoms. The molecule has 0 aliphatic rings. The minimum absolute atomic E-state index is 0.205. The van der Waals surface area contributed by atoms with Crippen molar-refractivity contribution in [1.82, 2.24) is 0 Å². The molecule has 6 heteroatoms. The Balaban J connectivity index is 3.56. The smallest absolute Gasteiger partial charge is 0.223 e. The van der Waals surface area contributed by atoms with Crippen LogP contribution in [-0.2, 0) is 0 Å². The second kappa shape index (κ2) is 5.66. The second-order valence-corrected chi connectivity index (χ2v) is 5.49. The summed E-state index contributed by atoms with van der Waals surface area (Å²) in [6.07, 6.45) is 0. The molecule has 0 saturated heterocycles. The van der Waals surface area contributed by atoms with Gasteiger partial charge in [0, 0.05) is 78.9 Å². The van der Waals surface area contributed by atoms with E-state index in [1.165, 1.54) is 0 Å². The van der Waals surface area contributed by atoms with Crippen LogP contribution < -0.4 is 0 Å². The SMILES string of the molecule is O=C(I)c1cccc(C(=O)I)c1C(=O)I. The first-order valence-corrected chi connectivity index (χ1v) is 6.91.